The van der Waals surface area contributed by atoms with Crippen LogP contribution in [0.1, 0.15) is 11.1 Å². The lowest BCUT2D eigenvalue weighted by molar-refractivity contribution is -0.384. The number of β-lactam (4-membered cyclic amide) rings is 1. The van der Waals surface area contributed by atoms with Crippen LogP contribution in [-0.2, 0) is 32.1 Å². The summed E-state index contributed by atoms with van der Waals surface area (Å²) in [5.41, 5.74) is 0.601. The molecule has 182 valence electrons. The van der Waals surface area contributed by atoms with Crippen molar-refractivity contribution in [1.82, 2.24) is 10.2 Å². The van der Waals surface area contributed by atoms with Crippen LogP contribution in [0.5, 0.6) is 0 Å². The van der Waals surface area contributed by atoms with Crippen LogP contribution in [0.15, 0.2) is 53.9 Å². The number of nitrogens with one attached hydrogen (secondary N) is 1. The fourth-order valence-electron chi connectivity index (χ4n) is 3.60. The normalized spacial score (nSPS) is 19.0. The van der Waals surface area contributed by atoms with Crippen molar-refractivity contribution in [3.8, 4) is 0 Å². The van der Waals surface area contributed by atoms with Crippen LogP contribution in [0.2, 0.25) is 10.0 Å². The van der Waals surface area contributed by atoms with Crippen molar-refractivity contribution >= 4 is 58.4 Å². The molecule has 2 aliphatic rings. The molecule has 2 aliphatic heterocycles. The summed E-state index contributed by atoms with van der Waals surface area (Å²) in [6.45, 7) is -0.214. The maximum absolute atomic E-state index is 12.8. The molecule has 0 radical (unpaired) electrons. The Labute approximate surface area is 213 Å². The van der Waals surface area contributed by atoms with Gasteiger partial charge in [-0.3, -0.25) is 24.6 Å². The van der Waals surface area contributed by atoms with Gasteiger partial charge in [0, 0.05) is 22.2 Å². The molecule has 13 heteroatoms. The molecule has 2 heterocycles. The summed E-state index contributed by atoms with van der Waals surface area (Å²) < 4.78 is 5.21. The van der Waals surface area contributed by atoms with Crippen molar-refractivity contribution in [2.75, 3.05) is 5.75 Å². The Morgan fingerprint density at radius 2 is 1.94 bits per heavy atom. The topological polar surface area (TPSA) is 139 Å². The van der Waals surface area contributed by atoms with Gasteiger partial charge in [-0.05, 0) is 41.5 Å². The number of non-ortho nitro benzene ring substituents is 1. The van der Waals surface area contributed by atoms with Crippen molar-refractivity contribution in [3.63, 3.8) is 0 Å². The number of halogens is 2. The van der Waals surface area contributed by atoms with E-state index in [9.17, 15) is 29.6 Å². The zero-order valence-electron chi connectivity index (χ0n) is 17.8. The lowest BCUT2D eigenvalue weighted by Crippen LogP contribution is -2.70. The fraction of sp³-hybridized carbons (Fsp3) is 0.227. The Morgan fingerprint density at radius 3 is 2.63 bits per heavy atom. The SMILES string of the molecule is O=C(Cc1cc(Cl)ccc1Cl)NC1C(=O)N2C(C(=O)OCc3ccc([N+](=O)[O-])cc3)=C(O)CS[C@H]12. The molecule has 2 aromatic rings. The van der Waals surface area contributed by atoms with Gasteiger partial charge >= 0.3 is 5.97 Å². The summed E-state index contributed by atoms with van der Waals surface area (Å²) in [7, 11) is 0. The lowest BCUT2D eigenvalue weighted by Gasteiger charge is -2.48. The number of nitrogens with zero attached hydrogens (tertiary/aromatic N) is 2. The molecule has 4 rings (SSSR count). The quantitative estimate of drug-likeness (QED) is 0.237. The summed E-state index contributed by atoms with van der Waals surface area (Å²) in [5, 5.41) is 23.8. The van der Waals surface area contributed by atoms with Gasteiger partial charge in [-0.2, -0.15) is 0 Å². The van der Waals surface area contributed by atoms with E-state index in [0.29, 0.717) is 21.2 Å². The highest BCUT2D eigenvalue weighted by molar-refractivity contribution is 8.00. The second-order valence-corrected chi connectivity index (χ2v) is 9.61. The van der Waals surface area contributed by atoms with Crippen molar-refractivity contribution in [2.45, 2.75) is 24.4 Å². The van der Waals surface area contributed by atoms with Crippen LogP contribution in [0.3, 0.4) is 0 Å². The second-order valence-electron chi connectivity index (χ2n) is 7.66. The van der Waals surface area contributed by atoms with E-state index < -0.39 is 34.1 Å². The van der Waals surface area contributed by atoms with Gasteiger partial charge in [0.05, 0.1) is 17.1 Å². The highest BCUT2D eigenvalue weighted by atomic mass is 35.5. The van der Waals surface area contributed by atoms with E-state index in [-0.39, 0.29) is 35.9 Å². The third-order valence-corrected chi connectivity index (χ3v) is 7.20. The van der Waals surface area contributed by atoms with Crippen LogP contribution in [-0.4, -0.2) is 49.9 Å². The van der Waals surface area contributed by atoms with Gasteiger partial charge in [-0.1, -0.05) is 23.2 Å². The van der Waals surface area contributed by atoms with Crippen molar-refractivity contribution < 1.29 is 29.2 Å². The molecule has 2 aromatic carbocycles. The number of esters is 1. The number of aliphatic hydroxyl groups excluding tert-OH is 1. The highest BCUT2D eigenvalue weighted by Crippen LogP contribution is 2.40. The molecule has 1 saturated heterocycles. The van der Waals surface area contributed by atoms with Crippen LogP contribution >= 0.6 is 35.0 Å². The van der Waals surface area contributed by atoms with E-state index in [1.807, 2.05) is 0 Å². The molecule has 35 heavy (non-hydrogen) atoms. The highest BCUT2D eigenvalue weighted by Gasteiger charge is 2.54. The number of aliphatic hydroxyl groups is 1. The monoisotopic (exact) mass is 537 g/mol. The van der Waals surface area contributed by atoms with Gasteiger partial charge < -0.3 is 15.2 Å². The molecule has 2 amide bonds. The first-order chi connectivity index (χ1) is 16.7. The van der Waals surface area contributed by atoms with Crippen molar-refractivity contribution in [1.29, 1.82) is 0 Å². The molecule has 0 saturated carbocycles. The minimum Gasteiger partial charge on any atom is -0.509 e. The molecular formula is C22H17Cl2N3O7S. The van der Waals surface area contributed by atoms with E-state index in [4.69, 9.17) is 27.9 Å². The lowest BCUT2D eigenvalue weighted by atomic mass is 10.0. The predicted octanol–water partition coefficient (Wildman–Crippen LogP) is 3.36. The molecule has 0 spiro atoms. The Kier molecular flexibility index (Phi) is 7.20. The fourth-order valence-corrected chi connectivity index (χ4v) is 5.18. The summed E-state index contributed by atoms with van der Waals surface area (Å²) in [4.78, 5) is 49.3. The minimum atomic E-state index is -0.921. The maximum Gasteiger partial charge on any atom is 0.358 e. The van der Waals surface area contributed by atoms with E-state index in [1.54, 1.807) is 18.2 Å². The van der Waals surface area contributed by atoms with E-state index in [0.717, 1.165) is 4.90 Å². The van der Waals surface area contributed by atoms with Crippen molar-refractivity contribution in [2.24, 2.45) is 0 Å². The summed E-state index contributed by atoms with van der Waals surface area (Å²) in [6.07, 6.45) is -0.0915. The number of nitro benzene ring substituents is 1. The second kappa shape index (κ2) is 10.1. The number of hydrogen-bond acceptors (Lipinski definition) is 8. The van der Waals surface area contributed by atoms with Crippen LogP contribution < -0.4 is 5.32 Å². The number of thioether (sulfide) groups is 1. The number of carbonyl (C=O) groups is 3. The molecule has 1 fully saturated rings. The Balaban J connectivity index is 1.38. The number of benzene rings is 2. The summed E-state index contributed by atoms with van der Waals surface area (Å²) in [6, 6.07) is 9.26. The zero-order valence-corrected chi connectivity index (χ0v) is 20.1. The van der Waals surface area contributed by atoms with Crippen LogP contribution in [0.25, 0.3) is 0 Å². The Bertz CT molecular complexity index is 1250. The van der Waals surface area contributed by atoms with Gasteiger partial charge in [0.25, 0.3) is 11.6 Å². The van der Waals surface area contributed by atoms with Gasteiger partial charge in [0.15, 0.2) is 5.70 Å². The Hall–Kier alpha value is -3.28. The Morgan fingerprint density at radius 1 is 1.23 bits per heavy atom. The maximum atomic E-state index is 12.8. The number of rotatable bonds is 7. The van der Waals surface area contributed by atoms with E-state index in [2.05, 4.69) is 5.32 Å². The average Bonchev–Trinajstić information content (AvgIpc) is 2.83. The number of nitro groups is 1. The van der Waals surface area contributed by atoms with Gasteiger partial charge in [-0.15, -0.1) is 11.8 Å². The van der Waals surface area contributed by atoms with Crippen LogP contribution in [0, 0.1) is 10.1 Å². The average molecular weight is 538 g/mol. The van der Waals surface area contributed by atoms with Gasteiger partial charge in [0.2, 0.25) is 5.91 Å². The van der Waals surface area contributed by atoms with Gasteiger partial charge in [0.1, 0.15) is 23.8 Å². The van der Waals surface area contributed by atoms with Crippen LogP contribution in [0.4, 0.5) is 5.69 Å². The molecule has 0 aromatic heterocycles. The van der Waals surface area contributed by atoms with E-state index >= 15 is 0 Å². The predicted molar refractivity (Wildman–Crippen MR) is 128 cm³/mol. The first kappa shape index (κ1) is 24.8. The van der Waals surface area contributed by atoms with Crippen molar-refractivity contribution in [3.05, 3.63) is 85.2 Å². The first-order valence-corrected chi connectivity index (χ1v) is 12.0. The largest absolute Gasteiger partial charge is 0.509 e. The molecule has 2 N–H and O–H groups in total. The summed E-state index contributed by atoms with van der Waals surface area (Å²) >= 11 is 13.2. The molecular weight excluding hydrogens is 521 g/mol. The first-order valence-electron chi connectivity index (χ1n) is 10.2. The zero-order chi connectivity index (χ0) is 25.3. The number of ether oxygens (including phenoxy) is 1. The minimum absolute atomic E-state index is 0.0445. The number of hydrogen-bond donors (Lipinski definition) is 2. The number of fused-ring (bicyclic) bond motifs is 1. The third-order valence-electron chi connectivity index (χ3n) is 5.33. The molecule has 1 unspecified atom stereocenters. The summed E-state index contributed by atoms with van der Waals surface area (Å²) in [5.74, 6) is -2.21. The van der Waals surface area contributed by atoms with E-state index in [1.165, 1.54) is 36.0 Å². The molecule has 10 nitrogen and oxygen atoms in total. The molecule has 0 bridgehead atoms. The third kappa shape index (κ3) is 5.21. The van der Waals surface area contributed by atoms with Gasteiger partial charge in [-0.25, -0.2) is 4.79 Å². The molecule has 0 aliphatic carbocycles. The molecule has 2 atom stereocenters. The smallest absolute Gasteiger partial charge is 0.358 e. The number of carbonyl (C=O) groups excluding carboxylic acids is 3. The standard InChI is InChI=1S/C22H17Cl2N3O7S/c23-13-3-6-15(24)12(7-13)8-17(29)25-18-20(30)26-19(16(28)10-35-21(18)26)22(31)34-9-11-1-4-14(5-2-11)27(32)33/h1-7,18,21,28H,8-10H2,(H,25,29)/t18?,21-/m1/s1. The number of amides is 2.